The molecule has 2 aliphatic rings. The number of nitrogens with zero attached hydrogens (tertiary/aromatic N) is 2. The molecule has 1 fully saturated rings. The molecule has 1 aliphatic carbocycles. The zero-order valence-electron chi connectivity index (χ0n) is 11.8. The van der Waals surface area contributed by atoms with Crippen molar-refractivity contribution < 1.29 is 14.7 Å². The number of hydrogen-bond donors (Lipinski definition) is 3. The van der Waals surface area contributed by atoms with Crippen LogP contribution in [0.3, 0.4) is 0 Å². The number of ketones is 1. The number of nitrogens with one attached hydrogen (secondary N) is 2. The van der Waals surface area contributed by atoms with Crippen LogP contribution in [-0.4, -0.2) is 29.5 Å². The van der Waals surface area contributed by atoms with E-state index in [0.29, 0.717) is 5.69 Å². The van der Waals surface area contributed by atoms with Gasteiger partial charge in [0.2, 0.25) is 5.78 Å². The fraction of sp³-hybridized carbons (Fsp3) is 0.333. The largest absolute Gasteiger partial charge is 0.509 e. The highest BCUT2D eigenvalue weighted by atomic mass is 16.3. The lowest BCUT2D eigenvalue weighted by Crippen LogP contribution is -2.43. The lowest BCUT2D eigenvalue weighted by molar-refractivity contribution is -0.117. The van der Waals surface area contributed by atoms with Crippen LogP contribution in [0.15, 0.2) is 52.0 Å². The van der Waals surface area contributed by atoms with E-state index >= 15 is 0 Å². The normalized spacial score (nSPS) is 24.6. The number of aliphatic hydroxyl groups is 1. The van der Waals surface area contributed by atoms with Gasteiger partial charge in [-0.05, 0) is 31.5 Å². The van der Waals surface area contributed by atoms with Crippen molar-refractivity contribution >= 4 is 17.5 Å². The Labute approximate surface area is 127 Å². The van der Waals surface area contributed by atoms with E-state index in [9.17, 15) is 14.7 Å². The van der Waals surface area contributed by atoms with Crippen LogP contribution in [0.2, 0.25) is 0 Å². The van der Waals surface area contributed by atoms with Crippen LogP contribution in [0.5, 0.6) is 0 Å². The molecule has 2 amide bonds. The highest BCUT2D eigenvalue weighted by molar-refractivity contribution is 6.03. The predicted molar refractivity (Wildman–Crippen MR) is 79.5 cm³/mol. The number of benzene rings is 1. The van der Waals surface area contributed by atoms with E-state index in [4.69, 9.17) is 0 Å². The molecule has 1 aromatic rings. The van der Waals surface area contributed by atoms with Crippen molar-refractivity contribution in [2.45, 2.75) is 18.9 Å². The number of azo groups is 1. The zero-order chi connectivity index (χ0) is 15.5. The molecule has 0 aromatic heterocycles. The van der Waals surface area contributed by atoms with E-state index in [1.54, 1.807) is 24.3 Å². The fourth-order valence-corrected chi connectivity index (χ4v) is 2.77. The first kappa shape index (κ1) is 14.4. The Bertz CT molecular complexity index is 654. The maximum atomic E-state index is 12.2. The van der Waals surface area contributed by atoms with Crippen molar-refractivity contribution in [3.05, 3.63) is 41.8 Å². The molecular weight excluding hydrogens is 284 g/mol. The Morgan fingerprint density at radius 2 is 2.09 bits per heavy atom. The molecule has 1 aliphatic heterocycles. The SMILES string of the molecule is O=C(N=NC1=C(O)C2CCCNC2C1=O)Nc1ccccc1. The monoisotopic (exact) mass is 300 g/mol. The summed E-state index contributed by atoms with van der Waals surface area (Å²) < 4.78 is 0. The van der Waals surface area contributed by atoms with Gasteiger partial charge in [-0.15, -0.1) is 5.11 Å². The first-order valence-corrected chi connectivity index (χ1v) is 7.15. The summed E-state index contributed by atoms with van der Waals surface area (Å²) in [6.07, 6.45) is 1.61. The third kappa shape index (κ3) is 2.75. The lowest BCUT2D eigenvalue weighted by atomic mass is 9.93. The number of para-hydroxylation sites is 1. The molecule has 7 heteroatoms. The van der Waals surface area contributed by atoms with Gasteiger partial charge in [0.1, 0.15) is 5.76 Å². The minimum atomic E-state index is -0.692. The number of Topliss-reactive ketones (excluding diaryl/α,β-unsaturated/α-hetero) is 1. The maximum absolute atomic E-state index is 12.2. The highest BCUT2D eigenvalue weighted by Crippen LogP contribution is 2.34. The number of carbonyl (C=O) groups is 2. The second-order valence-corrected chi connectivity index (χ2v) is 5.27. The van der Waals surface area contributed by atoms with Gasteiger partial charge in [-0.3, -0.25) is 4.79 Å². The van der Waals surface area contributed by atoms with Gasteiger partial charge in [0.25, 0.3) is 0 Å². The van der Waals surface area contributed by atoms with Gasteiger partial charge in [0.05, 0.1) is 6.04 Å². The van der Waals surface area contributed by atoms with E-state index in [2.05, 4.69) is 20.9 Å². The quantitative estimate of drug-likeness (QED) is 0.729. The summed E-state index contributed by atoms with van der Waals surface area (Å²) in [4.78, 5) is 23.8. The van der Waals surface area contributed by atoms with Crippen LogP contribution in [0.4, 0.5) is 10.5 Å². The Morgan fingerprint density at radius 3 is 2.82 bits per heavy atom. The lowest BCUT2D eigenvalue weighted by Gasteiger charge is -2.25. The van der Waals surface area contributed by atoms with Crippen LogP contribution in [0.1, 0.15) is 12.8 Å². The molecule has 2 atom stereocenters. The standard InChI is InChI=1S/C15H16N4O3/c20-13-10-7-4-8-16-11(10)14(21)12(13)18-19-15(22)17-9-5-2-1-3-6-9/h1-3,5-6,10-11,16,20H,4,7-8H2,(H,17,22). The summed E-state index contributed by atoms with van der Waals surface area (Å²) in [6.45, 7) is 0.735. The second kappa shape index (κ2) is 6.07. The zero-order valence-corrected chi connectivity index (χ0v) is 11.8. The topological polar surface area (TPSA) is 103 Å². The molecule has 114 valence electrons. The van der Waals surface area contributed by atoms with Gasteiger partial charge in [-0.2, -0.15) is 0 Å². The molecule has 0 saturated carbocycles. The van der Waals surface area contributed by atoms with Crippen molar-refractivity contribution in [3.8, 4) is 0 Å². The summed E-state index contributed by atoms with van der Waals surface area (Å²) in [5, 5.41) is 22.8. The van der Waals surface area contributed by atoms with Crippen molar-refractivity contribution in [2.24, 2.45) is 16.1 Å². The molecule has 0 bridgehead atoms. The van der Waals surface area contributed by atoms with Gasteiger partial charge in [0, 0.05) is 11.6 Å². The number of anilines is 1. The third-order valence-corrected chi connectivity index (χ3v) is 3.83. The molecule has 3 rings (SSSR count). The average molecular weight is 300 g/mol. The molecule has 1 heterocycles. The molecule has 22 heavy (non-hydrogen) atoms. The average Bonchev–Trinajstić information content (AvgIpc) is 2.78. The molecule has 0 spiro atoms. The smallest absolute Gasteiger partial charge is 0.364 e. The molecule has 3 N–H and O–H groups in total. The van der Waals surface area contributed by atoms with E-state index in [-0.39, 0.29) is 23.2 Å². The Kier molecular flexibility index (Phi) is 3.97. The van der Waals surface area contributed by atoms with Crippen LogP contribution in [0.25, 0.3) is 0 Å². The number of rotatable bonds is 2. The molecular formula is C15H16N4O3. The summed E-state index contributed by atoms with van der Waals surface area (Å²) in [5.74, 6) is -0.635. The summed E-state index contributed by atoms with van der Waals surface area (Å²) in [7, 11) is 0. The van der Waals surface area contributed by atoms with Gasteiger partial charge in [-0.1, -0.05) is 23.3 Å². The van der Waals surface area contributed by atoms with Crippen LogP contribution in [0, 0.1) is 5.92 Å². The van der Waals surface area contributed by atoms with Gasteiger partial charge >= 0.3 is 6.03 Å². The number of hydrogen-bond acceptors (Lipinski definition) is 5. The number of piperidine rings is 1. The minimum Gasteiger partial charge on any atom is -0.509 e. The number of fused-ring (bicyclic) bond motifs is 1. The van der Waals surface area contributed by atoms with Crippen LogP contribution < -0.4 is 10.6 Å². The van der Waals surface area contributed by atoms with E-state index in [1.165, 1.54) is 0 Å². The molecule has 0 radical (unpaired) electrons. The third-order valence-electron chi connectivity index (χ3n) is 3.83. The van der Waals surface area contributed by atoms with Gasteiger partial charge in [-0.25, -0.2) is 4.79 Å². The number of amides is 2. The van der Waals surface area contributed by atoms with Crippen molar-refractivity contribution in [2.75, 3.05) is 11.9 Å². The van der Waals surface area contributed by atoms with E-state index < -0.39 is 12.1 Å². The van der Waals surface area contributed by atoms with E-state index in [1.807, 2.05) is 6.07 Å². The summed E-state index contributed by atoms with van der Waals surface area (Å²) >= 11 is 0. The predicted octanol–water partition coefficient (Wildman–Crippen LogP) is 2.39. The Balaban J connectivity index is 1.70. The first-order chi connectivity index (χ1) is 10.7. The molecule has 1 aromatic carbocycles. The summed E-state index contributed by atoms with van der Waals surface area (Å²) in [6, 6.07) is 7.66. The van der Waals surface area contributed by atoms with Crippen molar-refractivity contribution in [1.29, 1.82) is 0 Å². The van der Waals surface area contributed by atoms with Crippen molar-refractivity contribution in [1.82, 2.24) is 5.32 Å². The van der Waals surface area contributed by atoms with Crippen LogP contribution >= 0.6 is 0 Å². The Morgan fingerprint density at radius 1 is 1.32 bits per heavy atom. The number of urea groups is 1. The molecule has 2 unspecified atom stereocenters. The van der Waals surface area contributed by atoms with E-state index in [0.717, 1.165) is 19.4 Å². The van der Waals surface area contributed by atoms with Crippen LogP contribution in [-0.2, 0) is 4.79 Å². The first-order valence-electron chi connectivity index (χ1n) is 7.15. The molecule has 7 nitrogen and oxygen atoms in total. The van der Waals surface area contributed by atoms with Crippen molar-refractivity contribution in [3.63, 3.8) is 0 Å². The highest BCUT2D eigenvalue weighted by Gasteiger charge is 2.43. The second-order valence-electron chi connectivity index (χ2n) is 5.27. The fourth-order valence-electron chi connectivity index (χ4n) is 2.77. The number of carbonyl (C=O) groups excluding carboxylic acids is 2. The molecule has 1 saturated heterocycles. The Hall–Kier alpha value is -2.54. The van der Waals surface area contributed by atoms with Gasteiger partial charge in [0.15, 0.2) is 5.70 Å². The number of aliphatic hydroxyl groups excluding tert-OH is 1. The van der Waals surface area contributed by atoms with Gasteiger partial charge < -0.3 is 15.7 Å². The minimum absolute atomic E-state index is 0.0709. The summed E-state index contributed by atoms with van der Waals surface area (Å²) in [5.41, 5.74) is 0.463. The maximum Gasteiger partial charge on any atom is 0.364 e.